The van der Waals surface area contributed by atoms with Crippen molar-refractivity contribution >= 4 is 10.1 Å². The Morgan fingerprint density at radius 3 is 2.67 bits per heavy atom. The molecule has 7 heteroatoms. The van der Waals surface area contributed by atoms with Gasteiger partial charge >= 0.3 is 15.1 Å². The average Bonchev–Trinajstić information content (AvgIpc) is 2.08. The van der Waals surface area contributed by atoms with E-state index in [9.17, 15) is 8.42 Å². The Labute approximate surface area is 50.6 Å². The van der Waals surface area contributed by atoms with E-state index in [1.54, 1.807) is 0 Å². The van der Waals surface area contributed by atoms with E-state index >= 15 is 0 Å². The van der Waals surface area contributed by atoms with Gasteiger partial charge in [-0.05, 0) is 0 Å². The second kappa shape index (κ2) is 1.78. The van der Waals surface area contributed by atoms with Crippen molar-refractivity contribution in [3.05, 3.63) is 6.20 Å². The molecule has 0 amide bonds. The highest BCUT2D eigenvalue weighted by molar-refractivity contribution is 7.85. The number of nitrogens with one attached hydrogen (secondary N) is 2. The van der Waals surface area contributed by atoms with Gasteiger partial charge < -0.3 is 0 Å². The van der Waals surface area contributed by atoms with E-state index in [2.05, 4.69) is 15.4 Å². The first kappa shape index (κ1) is 6.17. The zero-order valence-electron chi connectivity index (χ0n) is 4.20. The Bertz CT molecular complexity index is 274. The van der Waals surface area contributed by atoms with E-state index in [1.165, 1.54) is 0 Å². The van der Waals surface area contributed by atoms with Gasteiger partial charge in [0, 0.05) is 0 Å². The first-order valence-electron chi connectivity index (χ1n) is 1.99. The molecule has 1 aromatic rings. The minimum absolute atomic E-state index is 0.414. The summed E-state index contributed by atoms with van der Waals surface area (Å²) in [6, 6.07) is 0. The molecule has 3 N–H and O–H groups in total. The van der Waals surface area contributed by atoms with Gasteiger partial charge in [-0.15, -0.1) is 0 Å². The van der Waals surface area contributed by atoms with Gasteiger partial charge in [0.2, 0.25) is 0 Å². The summed E-state index contributed by atoms with van der Waals surface area (Å²) in [6.45, 7) is 0. The predicted molar refractivity (Wildman–Crippen MR) is 25.0 cm³/mol. The number of aromatic nitrogens is 3. The summed E-state index contributed by atoms with van der Waals surface area (Å²) in [7, 11) is -4.13. The number of H-pyrrole nitrogens is 2. The van der Waals surface area contributed by atoms with Gasteiger partial charge in [-0.2, -0.15) is 13.5 Å². The molecule has 0 radical (unpaired) electrons. The number of nitrogens with zero attached hydrogens (tertiary/aromatic N) is 1. The lowest BCUT2D eigenvalue weighted by Gasteiger charge is -1.75. The number of rotatable bonds is 1. The number of aromatic amines is 2. The highest BCUT2D eigenvalue weighted by atomic mass is 32.2. The van der Waals surface area contributed by atoms with Crippen molar-refractivity contribution in [3.63, 3.8) is 0 Å². The maximum atomic E-state index is 10.1. The molecule has 0 saturated heterocycles. The molecule has 1 aromatic heterocycles. The van der Waals surface area contributed by atoms with E-state index < -0.39 is 15.1 Å². The van der Waals surface area contributed by atoms with Crippen molar-refractivity contribution in [1.29, 1.82) is 0 Å². The molecule has 50 valence electrons. The van der Waals surface area contributed by atoms with E-state index in [4.69, 9.17) is 4.55 Å². The van der Waals surface area contributed by atoms with Crippen molar-refractivity contribution in [2.45, 2.75) is 5.03 Å². The van der Waals surface area contributed by atoms with Crippen LogP contribution in [0.1, 0.15) is 0 Å². The van der Waals surface area contributed by atoms with Crippen LogP contribution >= 0.6 is 0 Å². The lowest BCUT2D eigenvalue weighted by atomic mass is 11.0. The van der Waals surface area contributed by atoms with Crippen LogP contribution in [0.5, 0.6) is 0 Å². The molecule has 9 heavy (non-hydrogen) atoms. The lowest BCUT2D eigenvalue weighted by molar-refractivity contribution is -0.455. The van der Waals surface area contributed by atoms with Gasteiger partial charge in [0.1, 0.15) is 0 Å². The third kappa shape index (κ3) is 1.24. The summed E-state index contributed by atoms with van der Waals surface area (Å²) in [5, 5.41) is 7.14. The van der Waals surface area contributed by atoms with Crippen LogP contribution in [0.25, 0.3) is 0 Å². The predicted octanol–water partition coefficient (Wildman–Crippen LogP) is -1.53. The highest BCUT2D eigenvalue weighted by Crippen LogP contribution is 1.95. The van der Waals surface area contributed by atoms with E-state index in [-0.39, 0.29) is 0 Å². The molecule has 0 saturated carbocycles. The molecule has 1 heterocycles. The molecular formula is C2H4N3O3S+. The summed E-state index contributed by atoms with van der Waals surface area (Å²) in [6.07, 6.45) is 1.04. The number of hydrogen-bond donors (Lipinski definition) is 2. The van der Waals surface area contributed by atoms with Crippen LogP contribution in [-0.4, -0.2) is 23.3 Å². The van der Waals surface area contributed by atoms with Crippen LogP contribution in [-0.2, 0) is 10.1 Å². The van der Waals surface area contributed by atoms with Crippen molar-refractivity contribution in [3.8, 4) is 0 Å². The molecule has 6 nitrogen and oxygen atoms in total. The van der Waals surface area contributed by atoms with Crippen molar-refractivity contribution < 1.29 is 18.1 Å². The molecule has 0 aliphatic rings. The zero-order chi connectivity index (χ0) is 6.91. The summed E-state index contributed by atoms with van der Waals surface area (Å²) in [5.41, 5.74) is 0. The Kier molecular flexibility index (Phi) is 1.22. The maximum Gasteiger partial charge on any atom is 0.357 e. The van der Waals surface area contributed by atoms with Crippen LogP contribution in [0, 0.1) is 0 Å². The van der Waals surface area contributed by atoms with Crippen molar-refractivity contribution in [2.75, 3.05) is 0 Å². The minimum atomic E-state index is -4.13. The molecule has 0 fully saturated rings. The fraction of sp³-hybridized carbons (Fsp3) is 0. The molecule has 0 aliphatic carbocycles. The van der Waals surface area contributed by atoms with Gasteiger partial charge in [0.15, 0.2) is 6.20 Å². The smallest absolute Gasteiger partial charge is 0.279 e. The van der Waals surface area contributed by atoms with Crippen LogP contribution in [0.2, 0.25) is 0 Å². The Balaban J connectivity index is 3.20. The molecule has 0 aliphatic heterocycles. The van der Waals surface area contributed by atoms with Crippen molar-refractivity contribution in [2.24, 2.45) is 0 Å². The van der Waals surface area contributed by atoms with Crippen LogP contribution < -0.4 is 5.10 Å². The largest absolute Gasteiger partial charge is 0.357 e. The molecule has 0 bridgehead atoms. The van der Waals surface area contributed by atoms with Gasteiger partial charge in [-0.25, -0.2) is 0 Å². The van der Waals surface area contributed by atoms with E-state index in [1.807, 2.05) is 0 Å². The number of hydrogen-bond acceptors (Lipinski definition) is 3. The molecule has 0 aromatic carbocycles. The summed E-state index contributed by atoms with van der Waals surface area (Å²) in [5.74, 6) is 0. The SMILES string of the molecule is O=S(=O)(O)c1c[nH+][nH]n1. The van der Waals surface area contributed by atoms with E-state index in [0.717, 1.165) is 6.20 Å². The quantitative estimate of drug-likeness (QED) is 0.474. The second-order valence-electron chi connectivity index (χ2n) is 1.33. The lowest BCUT2D eigenvalue weighted by Crippen LogP contribution is -1.99. The average molecular weight is 150 g/mol. The zero-order valence-corrected chi connectivity index (χ0v) is 5.01. The van der Waals surface area contributed by atoms with Gasteiger partial charge in [0.05, 0.1) is 5.10 Å². The van der Waals surface area contributed by atoms with Gasteiger partial charge in [-0.1, -0.05) is 5.21 Å². The molecule has 1 rings (SSSR count). The highest BCUT2D eigenvalue weighted by Gasteiger charge is 2.18. The fourth-order valence-corrected chi connectivity index (χ4v) is 0.715. The normalized spacial score (nSPS) is 11.7. The Hall–Kier alpha value is -0.950. The molecular weight excluding hydrogens is 146 g/mol. The van der Waals surface area contributed by atoms with E-state index in [0.29, 0.717) is 0 Å². The van der Waals surface area contributed by atoms with Gasteiger partial charge in [0.25, 0.3) is 0 Å². The first-order valence-corrected chi connectivity index (χ1v) is 3.43. The maximum absolute atomic E-state index is 10.1. The summed E-state index contributed by atoms with van der Waals surface area (Å²) in [4.78, 5) is 0. The Morgan fingerprint density at radius 2 is 2.44 bits per heavy atom. The second-order valence-corrected chi connectivity index (χ2v) is 2.69. The first-order chi connectivity index (χ1) is 4.11. The fourth-order valence-electron chi connectivity index (χ4n) is 0.346. The minimum Gasteiger partial charge on any atom is -0.279 e. The molecule has 0 unspecified atom stereocenters. The van der Waals surface area contributed by atoms with Gasteiger partial charge in [-0.3, -0.25) is 4.55 Å². The standard InChI is InChI=1S/C2H3N3O3S/c6-9(7,8)2-1-3-5-4-2/h1H,(H,3,4,5)(H,6,7,8)/p+1. The Morgan fingerprint density at radius 1 is 1.78 bits per heavy atom. The third-order valence-corrected chi connectivity index (χ3v) is 1.43. The molecule has 0 atom stereocenters. The summed E-state index contributed by atoms with van der Waals surface area (Å²) >= 11 is 0. The topological polar surface area (TPSA) is 97.2 Å². The third-order valence-electron chi connectivity index (χ3n) is 0.691. The van der Waals surface area contributed by atoms with Crippen LogP contribution in [0.4, 0.5) is 0 Å². The monoisotopic (exact) mass is 150 g/mol. The van der Waals surface area contributed by atoms with Crippen molar-refractivity contribution in [1.82, 2.24) is 10.3 Å². The van der Waals surface area contributed by atoms with Crippen LogP contribution in [0.15, 0.2) is 11.2 Å². The summed E-state index contributed by atoms with van der Waals surface area (Å²) < 4.78 is 28.5. The van der Waals surface area contributed by atoms with Crippen LogP contribution in [0.3, 0.4) is 0 Å². The molecule has 0 spiro atoms.